The molecular formula is C17H13FN2O. The van der Waals surface area contributed by atoms with Crippen molar-refractivity contribution in [2.45, 2.75) is 6.92 Å². The van der Waals surface area contributed by atoms with E-state index >= 15 is 0 Å². The lowest BCUT2D eigenvalue weighted by molar-refractivity contribution is 0.565. The molecule has 0 N–H and O–H groups in total. The molecular weight excluding hydrogens is 267 g/mol. The predicted octanol–water partition coefficient (Wildman–Crippen LogP) is 4.34. The van der Waals surface area contributed by atoms with Crippen LogP contribution in [0.4, 0.5) is 10.1 Å². The highest BCUT2D eigenvalue weighted by atomic mass is 19.1. The number of aromatic nitrogens is 1. The number of rotatable bonds is 1. The zero-order valence-corrected chi connectivity index (χ0v) is 11.5. The first kappa shape index (κ1) is 14.6. The van der Waals surface area contributed by atoms with Gasteiger partial charge in [-0.3, -0.25) is 4.98 Å². The summed E-state index contributed by atoms with van der Waals surface area (Å²) < 4.78 is 12.2. The van der Waals surface area contributed by atoms with Crippen LogP contribution in [0.25, 0.3) is 10.9 Å². The third-order valence-corrected chi connectivity index (χ3v) is 2.84. The van der Waals surface area contributed by atoms with Crippen LogP contribution in [0.3, 0.4) is 0 Å². The molecule has 0 aliphatic carbocycles. The first-order valence-corrected chi connectivity index (χ1v) is 6.34. The molecule has 0 radical (unpaired) electrons. The van der Waals surface area contributed by atoms with Crippen LogP contribution in [0, 0.1) is 12.7 Å². The maximum Gasteiger partial charge on any atom is 0.240 e. The van der Waals surface area contributed by atoms with Crippen molar-refractivity contribution in [3.05, 3.63) is 72.2 Å². The SMILES string of the molecule is Cc1cccc2cccnc12.O=C=Nc1ccc(F)cc1. The van der Waals surface area contributed by atoms with Crippen molar-refractivity contribution >= 4 is 22.7 Å². The lowest BCUT2D eigenvalue weighted by Crippen LogP contribution is -1.80. The second-order valence-corrected chi connectivity index (χ2v) is 4.33. The molecule has 104 valence electrons. The monoisotopic (exact) mass is 280 g/mol. The van der Waals surface area contributed by atoms with Crippen LogP contribution in [-0.2, 0) is 4.79 Å². The molecule has 1 heterocycles. The lowest BCUT2D eigenvalue weighted by atomic mass is 10.1. The highest BCUT2D eigenvalue weighted by Gasteiger charge is 1.93. The molecule has 4 heteroatoms. The molecule has 0 amide bonds. The second-order valence-electron chi connectivity index (χ2n) is 4.33. The van der Waals surface area contributed by atoms with Crippen molar-refractivity contribution in [1.82, 2.24) is 4.98 Å². The van der Waals surface area contributed by atoms with Gasteiger partial charge in [0.05, 0.1) is 11.2 Å². The molecule has 0 spiro atoms. The van der Waals surface area contributed by atoms with Crippen molar-refractivity contribution in [1.29, 1.82) is 0 Å². The average Bonchev–Trinajstić information content (AvgIpc) is 2.51. The maximum absolute atomic E-state index is 12.2. The topological polar surface area (TPSA) is 42.3 Å². The number of fused-ring (bicyclic) bond motifs is 1. The summed E-state index contributed by atoms with van der Waals surface area (Å²) in [4.78, 5) is 17.2. The molecule has 3 nitrogen and oxygen atoms in total. The summed E-state index contributed by atoms with van der Waals surface area (Å²) >= 11 is 0. The van der Waals surface area contributed by atoms with Gasteiger partial charge in [0.1, 0.15) is 5.82 Å². The van der Waals surface area contributed by atoms with Crippen LogP contribution >= 0.6 is 0 Å². The van der Waals surface area contributed by atoms with Crippen LogP contribution in [0.5, 0.6) is 0 Å². The molecule has 2 aromatic carbocycles. The number of halogens is 1. The minimum Gasteiger partial charge on any atom is -0.256 e. The van der Waals surface area contributed by atoms with Crippen molar-refractivity contribution < 1.29 is 9.18 Å². The van der Waals surface area contributed by atoms with E-state index in [0.717, 1.165) is 5.52 Å². The van der Waals surface area contributed by atoms with E-state index in [1.165, 1.54) is 41.3 Å². The fourth-order valence-corrected chi connectivity index (χ4v) is 1.83. The van der Waals surface area contributed by atoms with Gasteiger partial charge in [-0.15, -0.1) is 0 Å². The van der Waals surface area contributed by atoms with E-state index in [1.807, 2.05) is 12.3 Å². The minimum atomic E-state index is -0.343. The van der Waals surface area contributed by atoms with Gasteiger partial charge in [0, 0.05) is 11.6 Å². The summed E-state index contributed by atoms with van der Waals surface area (Å²) in [7, 11) is 0. The molecule has 3 rings (SSSR count). The molecule has 0 aliphatic rings. The highest BCUT2D eigenvalue weighted by Crippen LogP contribution is 2.13. The van der Waals surface area contributed by atoms with Gasteiger partial charge in [0.15, 0.2) is 0 Å². The number of nitrogens with zero attached hydrogens (tertiary/aromatic N) is 2. The van der Waals surface area contributed by atoms with E-state index in [2.05, 4.69) is 41.2 Å². The number of carbonyl (C=O) groups excluding carboxylic acids is 1. The van der Waals surface area contributed by atoms with Crippen molar-refractivity contribution in [2.24, 2.45) is 4.99 Å². The summed E-state index contributed by atoms with van der Waals surface area (Å²) in [6, 6.07) is 15.5. The first-order valence-electron chi connectivity index (χ1n) is 6.34. The fraction of sp³-hybridized carbons (Fsp3) is 0.0588. The standard InChI is InChI=1S/C10H9N.C7H4FNO/c1-8-4-2-5-9-6-3-7-11-10(8)9;8-6-1-3-7(4-2-6)9-5-10/h2-7H,1H3;1-4H. The number of hydrogen-bond acceptors (Lipinski definition) is 3. The molecule has 0 saturated heterocycles. The Hall–Kier alpha value is -2.84. The number of hydrogen-bond donors (Lipinski definition) is 0. The quantitative estimate of drug-likeness (QED) is 0.491. The maximum atomic E-state index is 12.2. The zero-order chi connectivity index (χ0) is 15.1. The Bertz CT molecular complexity index is 773. The number of aryl methyl sites for hydroxylation is 1. The van der Waals surface area contributed by atoms with E-state index in [9.17, 15) is 9.18 Å². The summed E-state index contributed by atoms with van der Waals surface area (Å²) in [5, 5.41) is 1.22. The van der Waals surface area contributed by atoms with Crippen LogP contribution in [0.15, 0.2) is 65.8 Å². The number of pyridine rings is 1. The van der Waals surface area contributed by atoms with Gasteiger partial charge in [0.2, 0.25) is 6.08 Å². The van der Waals surface area contributed by atoms with E-state index < -0.39 is 0 Å². The van der Waals surface area contributed by atoms with Crippen molar-refractivity contribution in [3.8, 4) is 0 Å². The van der Waals surface area contributed by atoms with E-state index in [1.54, 1.807) is 0 Å². The molecule has 0 bridgehead atoms. The predicted molar refractivity (Wildman–Crippen MR) is 80.7 cm³/mol. The van der Waals surface area contributed by atoms with Gasteiger partial charge in [-0.05, 0) is 42.8 Å². The third kappa shape index (κ3) is 4.06. The van der Waals surface area contributed by atoms with Gasteiger partial charge >= 0.3 is 0 Å². The number of isocyanates is 1. The smallest absolute Gasteiger partial charge is 0.240 e. The van der Waals surface area contributed by atoms with Gasteiger partial charge < -0.3 is 0 Å². The minimum absolute atomic E-state index is 0.343. The Kier molecular flexibility index (Phi) is 4.91. The first-order chi connectivity index (χ1) is 10.2. The molecule has 0 atom stereocenters. The second kappa shape index (κ2) is 7.08. The van der Waals surface area contributed by atoms with Crippen LogP contribution in [0.1, 0.15) is 5.56 Å². The Morgan fingerprint density at radius 3 is 2.43 bits per heavy atom. The summed E-state index contributed by atoms with van der Waals surface area (Å²) in [6.07, 6.45) is 3.18. The van der Waals surface area contributed by atoms with Gasteiger partial charge in [0.25, 0.3) is 0 Å². The molecule has 21 heavy (non-hydrogen) atoms. The molecule has 1 aromatic heterocycles. The van der Waals surface area contributed by atoms with E-state index in [0.29, 0.717) is 5.69 Å². The number of aliphatic imine (C=N–C) groups is 1. The van der Waals surface area contributed by atoms with Crippen LogP contribution < -0.4 is 0 Å². The van der Waals surface area contributed by atoms with Crippen LogP contribution in [0.2, 0.25) is 0 Å². The fourth-order valence-electron chi connectivity index (χ4n) is 1.83. The number of para-hydroxylation sites is 1. The summed E-state index contributed by atoms with van der Waals surface area (Å²) in [5.41, 5.74) is 2.76. The van der Waals surface area contributed by atoms with Gasteiger partial charge in [-0.25, -0.2) is 9.18 Å². The largest absolute Gasteiger partial charge is 0.256 e. The van der Waals surface area contributed by atoms with Gasteiger partial charge in [-0.2, -0.15) is 4.99 Å². The molecule has 0 aliphatic heterocycles. The number of benzene rings is 2. The Morgan fingerprint density at radius 1 is 1.05 bits per heavy atom. The molecule has 0 fully saturated rings. The highest BCUT2D eigenvalue weighted by molar-refractivity contribution is 5.81. The zero-order valence-electron chi connectivity index (χ0n) is 11.5. The normalized spacial score (nSPS) is 9.43. The molecule has 0 unspecified atom stereocenters. The lowest BCUT2D eigenvalue weighted by Gasteiger charge is -1.97. The third-order valence-electron chi connectivity index (χ3n) is 2.84. The molecule has 0 saturated carbocycles. The Labute approximate surface area is 121 Å². The van der Waals surface area contributed by atoms with Crippen molar-refractivity contribution in [3.63, 3.8) is 0 Å². The van der Waals surface area contributed by atoms with Crippen LogP contribution in [-0.4, -0.2) is 11.1 Å². The van der Waals surface area contributed by atoms with Crippen molar-refractivity contribution in [2.75, 3.05) is 0 Å². The van der Waals surface area contributed by atoms with Gasteiger partial charge in [-0.1, -0.05) is 24.3 Å². The van der Waals surface area contributed by atoms with E-state index in [4.69, 9.17) is 0 Å². The summed E-state index contributed by atoms with van der Waals surface area (Å²) in [6.45, 7) is 2.08. The average molecular weight is 280 g/mol. The summed E-state index contributed by atoms with van der Waals surface area (Å²) in [5.74, 6) is -0.343. The Balaban J connectivity index is 0.000000155. The van der Waals surface area contributed by atoms with E-state index in [-0.39, 0.29) is 5.82 Å². The molecule has 3 aromatic rings. The Morgan fingerprint density at radius 2 is 1.76 bits per heavy atom.